The minimum Gasteiger partial charge on any atom is -0.412 e. The summed E-state index contributed by atoms with van der Waals surface area (Å²) in [6, 6.07) is 10.9. The maximum Gasteiger partial charge on any atom is 0.294 e. The molecule has 154 valence electrons. The van der Waals surface area contributed by atoms with Gasteiger partial charge in [-0.25, -0.2) is 0 Å². The number of hydrogen-bond donors (Lipinski definition) is 2. The van der Waals surface area contributed by atoms with Crippen LogP contribution in [0.25, 0.3) is 11.1 Å². The summed E-state index contributed by atoms with van der Waals surface area (Å²) in [4.78, 5) is -0.452. The molecule has 14 heteroatoms. The molecule has 26 heavy (non-hydrogen) atoms. The predicted molar refractivity (Wildman–Crippen MR) is 93.2 cm³/mol. The lowest BCUT2D eigenvalue weighted by molar-refractivity contribution is 0.481. The second kappa shape index (κ2) is 12.4. The molecule has 0 aromatic heterocycles. The largest absolute Gasteiger partial charge is 0.412 e. The van der Waals surface area contributed by atoms with Crippen molar-refractivity contribution in [1.29, 1.82) is 0 Å². The van der Waals surface area contributed by atoms with Crippen molar-refractivity contribution in [3.05, 3.63) is 48.5 Å². The van der Waals surface area contributed by atoms with E-state index in [1.165, 1.54) is 48.5 Å². The van der Waals surface area contributed by atoms with Crippen LogP contribution < -0.4 is 0 Å². The third-order valence-corrected chi connectivity index (χ3v) is 4.37. The highest BCUT2D eigenvalue weighted by Crippen LogP contribution is 2.22. The second-order valence-electron chi connectivity index (χ2n) is 4.00. The molecule has 0 aliphatic heterocycles. The Balaban J connectivity index is -0.000000245. The van der Waals surface area contributed by atoms with E-state index in [0.717, 1.165) is 0 Å². The lowest BCUT2D eigenvalue weighted by Gasteiger charge is -2.04. The van der Waals surface area contributed by atoms with Crippen molar-refractivity contribution < 1.29 is 58.8 Å². The highest BCUT2D eigenvalue weighted by Gasteiger charge is 2.11. The van der Waals surface area contributed by atoms with Gasteiger partial charge in [-0.05, 0) is 35.4 Å². The Labute approximate surface area is 149 Å². The second-order valence-corrected chi connectivity index (χ2v) is 6.84. The van der Waals surface area contributed by atoms with Crippen molar-refractivity contribution in [2.75, 3.05) is 0 Å². The minimum atomic E-state index is -4.24. The third-order valence-electron chi connectivity index (χ3n) is 2.64. The summed E-state index contributed by atoms with van der Waals surface area (Å²) in [5, 5.41) is 0. The molecule has 12 nitrogen and oxygen atoms in total. The van der Waals surface area contributed by atoms with Gasteiger partial charge < -0.3 is 32.9 Å². The molecule has 0 atom stereocenters. The fraction of sp³-hybridized carbons (Fsp3) is 0. The number of benzene rings is 2. The molecule has 2 aromatic rings. The van der Waals surface area contributed by atoms with Gasteiger partial charge in [0.25, 0.3) is 20.2 Å². The molecule has 0 saturated heterocycles. The van der Waals surface area contributed by atoms with Gasteiger partial charge in [0.1, 0.15) is 0 Å². The van der Waals surface area contributed by atoms with E-state index in [1.807, 2.05) is 0 Å². The summed E-state index contributed by atoms with van der Waals surface area (Å²) >= 11 is 0. The van der Waals surface area contributed by atoms with Crippen LogP contribution in [-0.4, -0.2) is 58.8 Å². The van der Waals surface area contributed by atoms with Crippen molar-refractivity contribution in [3.63, 3.8) is 0 Å². The zero-order valence-corrected chi connectivity index (χ0v) is 14.6. The zero-order valence-electron chi connectivity index (χ0n) is 13.0. The predicted octanol–water partition coefficient (Wildman–Crippen LogP) is -3.10. The molecule has 0 spiro atoms. The van der Waals surface area contributed by atoms with Gasteiger partial charge in [-0.3, -0.25) is 9.11 Å². The lowest BCUT2D eigenvalue weighted by atomic mass is 10.1. The number of rotatable bonds is 3. The first-order valence-electron chi connectivity index (χ1n) is 5.33. The molecular formula is C12H22O12S2. The Morgan fingerprint density at radius 3 is 0.808 bits per heavy atom. The molecule has 0 aliphatic carbocycles. The van der Waals surface area contributed by atoms with Crippen LogP contribution in [0.4, 0.5) is 0 Å². The van der Waals surface area contributed by atoms with E-state index >= 15 is 0 Å². The Bertz CT molecular complexity index is 753. The summed E-state index contributed by atoms with van der Waals surface area (Å²) < 4.78 is 61.3. The summed E-state index contributed by atoms with van der Waals surface area (Å²) in [7, 11) is -8.48. The van der Waals surface area contributed by atoms with E-state index in [4.69, 9.17) is 9.11 Å². The SMILES string of the molecule is O.O.O.O.O.O.O=S(=O)(O)c1ccc(-c2ccc(S(=O)(=O)O)cc2)cc1. The third kappa shape index (κ3) is 8.41. The molecule has 0 aliphatic rings. The van der Waals surface area contributed by atoms with E-state index in [2.05, 4.69) is 0 Å². The first-order chi connectivity index (χ1) is 9.18. The van der Waals surface area contributed by atoms with Crippen LogP contribution >= 0.6 is 0 Å². The Morgan fingerprint density at radius 1 is 0.462 bits per heavy atom. The molecular weight excluding hydrogens is 400 g/mol. The normalized spacial score (nSPS) is 9.46. The van der Waals surface area contributed by atoms with E-state index < -0.39 is 20.2 Å². The molecule has 2 aromatic carbocycles. The van der Waals surface area contributed by atoms with Crippen molar-refractivity contribution in [3.8, 4) is 11.1 Å². The van der Waals surface area contributed by atoms with Crippen molar-refractivity contribution in [2.45, 2.75) is 9.79 Å². The summed E-state index contributed by atoms with van der Waals surface area (Å²) in [5.41, 5.74) is 1.28. The molecule has 0 saturated carbocycles. The highest BCUT2D eigenvalue weighted by atomic mass is 32.2. The maximum absolute atomic E-state index is 10.9. The Morgan fingerprint density at radius 2 is 0.654 bits per heavy atom. The van der Waals surface area contributed by atoms with E-state index in [-0.39, 0.29) is 42.6 Å². The van der Waals surface area contributed by atoms with Gasteiger partial charge in [0.05, 0.1) is 9.79 Å². The fourth-order valence-electron chi connectivity index (χ4n) is 1.64. The van der Waals surface area contributed by atoms with Crippen LogP contribution in [0.3, 0.4) is 0 Å². The van der Waals surface area contributed by atoms with E-state index in [9.17, 15) is 16.8 Å². The van der Waals surface area contributed by atoms with Gasteiger partial charge >= 0.3 is 0 Å². The van der Waals surface area contributed by atoms with Crippen LogP contribution in [0, 0.1) is 0 Å². The molecule has 0 bridgehead atoms. The Hall–Kier alpha value is -1.98. The minimum absolute atomic E-state index is 0. The fourth-order valence-corrected chi connectivity index (χ4v) is 2.60. The molecule has 0 unspecified atom stereocenters. The maximum atomic E-state index is 10.9. The summed E-state index contributed by atoms with van der Waals surface area (Å²) in [6.45, 7) is 0. The Kier molecular flexibility index (Phi) is 16.8. The van der Waals surface area contributed by atoms with Gasteiger partial charge in [-0.2, -0.15) is 16.8 Å². The average Bonchev–Trinajstić information content (AvgIpc) is 2.37. The van der Waals surface area contributed by atoms with Crippen LogP contribution in [0.1, 0.15) is 0 Å². The lowest BCUT2D eigenvalue weighted by Crippen LogP contribution is -1.98. The summed E-state index contributed by atoms with van der Waals surface area (Å²) in [6.07, 6.45) is 0. The van der Waals surface area contributed by atoms with Crippen molar-refractivity contribution in [2.24, 2.45) is 0 Å². The van der Waals surface area contributed by atoms with Gasteiger partial charge in [-0.1, -0.05) is 24.3 Å². The first-order valence-corrected chi connectivity index (χ1v) is 8.21. The van der Waals surface area contributed by atoms with Gasteiger partial charge in [0.2, 0.25) is 0 Å². The van der Waals surface area contributed by atoms with Crippen LogP contribution in [-0.2, 0) is 20.2 Å². The van der Waals surface area contributed by atoms with Gasteiger partial charge in [0.15, 0.2) is 0 Å². The standard InChI is InChI=1S/C12H10O6S2.6H2O/c13-19(14,15)11-5-1-9(2-6-11)10-3-7-12(8-4-10)20(16,17)18;;;;;;/h1-8H,(H,13,14,15)(H,16,17,18);6*1H2. The van der Waals surface area contributed by atoms with Gasteiger partial charge in [0, 0.05) is 0 Å². The van der Waals surface area contributed by atoms with Crippen molar-refractivity contribution in [1.82, 2.24) is 0 Å². The smallest absolute Gasteiger partial charge is 0.294 e. The molecule has 0 fully saturated rings. The van der Waals surface area contributed by atoms with Crippen LogP contribution in [0.15, 0.2) is 58.3 Å². The van der Waals surface area contributed by atoms with Crippen LogP contribution in [0.5, 0.6) is 0 Å². The molecule has 0 heterocycles. The van der Waals surface area contributed by atoms with E-state index in [1.54, 1.807) is 0 Å². The van der Waals surface area contributed by atoms with E-state index in [0.29, 0.717) is 11.1 Å². The van der Waals surface area contributed by atoms with Gasteiger partial charge in [-0.15, -0.1) is 0 Å². The first kappa shape index (κ1) is 35.2. The molecule has 2 rings (SSSR count). The quantitative estimate of drug-likeness (QED) is 0.482. The molecule has 14 N–H and O–H groups in total. The van der Waals surface area contributed by atoms with Crippen LogP contribution in [0.2, 0.25) is 0 Å². The monoisotopic (exact) mass is 422 g/mol. The average molecular weight is 422 g/mol. The highest BCUT2D eigenvalue weighted by molar-refractivity contribution is 7.86. The topological polar surface area (TPSA) is 298 Å². The molecule has 0 radical (unpaired) electrons. The van der Waals surface area contributed by atoms with Crippen molar-refractivity contribution >= 4 is 20.2 Å². The zero-order chi connectivity index (χ0) is 15.0. The molecule has 0 amide bonds. The summed E-state index contributed by atoms with van der Waals surface area (Å²) in [5.74, 6) is 0. The number of hydrogen-bond acceptors (Lipinski definition) is 4.